The van der Waals surface area contributed by atoms with Gasteiger partial charge in [0.25, 0.3) is 0 Å². The Bertz CT molecular complexity index is 462. The van der Waals surface area contributed by atoms with Gasteiger partial charge in [-0.15, -0.1) is 0 Å². The van der Waals surface area contributed by atoms with E-state index in [1.807, 2.05) is 18.3 Å². The smallest absolute Gasteiger partial charge is 0.137 e. The highest BCUT2D eigenvalue weighted by Crippen LogP contribution is 2.12. The van der Waals surface area contributed by atoms with Gasteiger partial charge in [-0.2, -0.15) is 0 Å². The molecule has 15 heavy (non-hydrogen) atoms. The molecule has 0 aromatic carbocycles. The van der Waals surface area contributed by atoms with Crippen molar-refractivity contribution >= 4 is 21.6 Å². The number of halogens is 1. The summed E-state index contributed by atoms with van der Waals surface area (Å²) in [5, 5.41) is 0. The third-order valence-electron chi connectivity index (χ3n) is 2.28. The van der Waals surface area contributed by atoms with E-state index >= 15 is 0 Å². The SMILES string of the molecule is CN(C)CCc1cn2cc(Br)ccc2n1. The van der Waals surface area contributed by atoms with Gasteiger partial charge in [0, 0.05) is 29.8 Å². The Hall–Kier alpha value is -0.870. The van der Waals surface area contributed by atoms with Crippen molar-refractivity contribution in [3.63, 3.8) is 0 Å². The molecule has 0 fully saturated rings. The van der Waals surface area contributed by atoms with Crippen LogP contribution in [0, 0.1) is 0 Å². The molecule has 0 aliphatic rings. The average molecular weight is 268 g/mol. The monoisotopic (exact) mass is 267 g/mol. The van der Waals surface area contributed by atoms with Gasteiger partial charge in [-0.1, -0.05) is 0 Å². The Morgan fingerprint density at radius 1 is 1.33 bits per heavy atom. The Labute approximate surface area is 97.9 Å². The maximum Gasteiger partial charge on any atom is 0.137 e. The zero-order valence-electron chi connectivity index (χ0n) is 8.94. The van der Waals surface area contributed by atoms with Crippen LogP contribution in [-0.4, -0.2) is 34.9 Å². The van der Waals surface area contributed by atoms with E-state index in [1.54, 1.807) is 0 Å². The van der Waals surface area contributed by atoms with Gasteiger partial charge < -0.3 is 9.30 Å². The molecule has 2 rings (SSSR count). The van der Waals surface area contributed by atoms with Crippen LogP contribution in [0.4, 0.5) is 0 Å². The average Bonchev–Trinajstić information content (AvgIpc) is 2.56. The summed E-state index contributed by atoms with van der Waals surface area (Å²) in [6.45, 7) is 1.03. The van der Waals surface area contributed by atoms with Crippen molar-refractivity contribution in [1.29, 1.82) is 0 Å². The molecule has 0 radical (unpaired) electrons. The van der Waals surface area contributed by atoms with Crippen LogP contribution in [0.2, 0.25) is 0 Å². The van der Waals surface area contributed by atoms with Crippen molar-refractivity contribution in [2.75, 3.05) is 20.6 Å². The Morgan fingerprint density at radius 3 is 2.87 bits per heavy atom. The number of pyridine rings is 1. The van der Waals surface area contributed by atoms with Gasteiger partial charge >= 0.3 is 0 Å². The third kappa shape index (κ3) is 2.58. The topological polar surface area (TPSA) is 20.5 Å². The molecule has 0 amide bonds. The van der Waals surface area contributed by atoms with Crippen LogP contribution in [0.25, 0.3) is 5.65 Å². The van der Waals surface area contributed by atoms with E-state index in [0.29, 0.717) is 0 Å². The van der Waals surface area contributed by atoms with E-state index in [-0.39, 0.29) is 0 Å². The van der Waals surface area contributed by atoms with Crippen LogP contribution < -0.4 is 0 Å². The van der Waals surface area contributed by atoms with Gasteiger partial charge in [-0.05, 0) is 42.2 Å². The third-order valence-corrected chi connectivity index (χ3v) is 2.75. The lowest BCUT2D eigenvalue weighted by Gasteiger charge is -2.06. The first kappa shape index (κ1) is 10.6. The van der Waals surface area contributed by atoms with Gasteiger partial charge in [0.2, 0.25) is 0 Å². The second-order valence-electron chi connectivity index (χ2n) is 3.90. The molecule has 0 unspecified atom stereocenters. The standard InChI is InChI=1S/C11H14BrN3/c1-14(2)6-5-10-8-15-7-9(12)3-4-11(15)13-10/h3-4,7-8H,5-6H2,1-2H3. The molecule has 0 aliphatic heterocycles. The zero-order valence-corrected chi connectivity index (χ0v) is 10.5. The Balaban J connectivity index is 2.23. The summed E-state index contributed by atoms with van der Waals surface area (Å²) in [7, 11) is 4.15. The first-order valence-corrected chi connectivity index (χ1v) is 5.72. The van der Waals surface area contributed by atoms with E-state index in [9.17, 15) is 0 Å². The van der Waals surface area contributed by atoms with Crippen molar-refractivity contribution in [3.05, 3.63) is 34.7 Å². The zero-order chi connectivity index (χ0) is 10.8. The predicted molar refractivity (Wildman–Crippen MR) is 65.2 cm³/mol. The molecule has 2 aromatic rings. The fourth-order valence-electron chi connectivity index (χ4n) is 1.48. The Morgan fingerprint density at radius 2 is 2.13 bits per heavy atom. The fraction of sp³-hybridized carbons (Fsp3) is 0.364. The summed E-state index contributed by atoms with van der Waals surface area (Å²) >= 11 is 3.45. The first-order chi connectivity index (χ1) is 7.15. The van der Waals surface area contributed by atoms with Gasteiger partial charge in [-0.25, -0.2) is 4.98 Å². The second-order valence-corrected chi connectivity index (χ2v) is 4.81. The normalized spacial score (nSPS) is 11.5. The van der Waals surface area contributed by atoms with Gasteiger partial charge in [-0.3, -0.25) is 0 Å². The number of aromatic nitrogens is 2. The first-order valence-electron chi connectivity index (χ1n) is 4.93. The summed E-state index contributed by atoms with van der Waals surface area (Å²) in [6, 6.07) is 4.03. The molecule has 3 nitrogen and oxygen atoms in total. The fourth-order valence-corrected chi connectivity index (χ4v) is 1.83. The molecule has 0 N–H and O–H groups in total. The lowest BCUT2D eigenvalue weighted by molar-refractivity contribution is 0.412. The minimum absolute atomic E-state index is 0.992. The molecule has 0 spiro atoms. The van der Waals surface area contributed by atoms with Crippen LogP contribution in [0.3, 0.4) is 0 Å². The van der Waals surface area contributed by atoms with Crippen LogP contribution >= 0.6 is 15.9 Å². The summed E-state index contributed by atoms with van der Waals surface area (Å²) in [4.78, 5) is 6.71. The second kappa shape index (κ2) is 4.33. The maximum absolute atomic E-state index is 4.54. The highest BCUT2D eigenvalue weighted by molar-refractivity contribution is 9.10. The molecule has 0 atom stereocenters. The number of hydrogen-bond donors (Lipinski definition) is 0. The molecule has 2 heterocycles. The maximum atomic E-state index is 4.54. The van der Waals surface area contributed by atoms with Gasteiger partial charge in [0.15, 0.2) is 0 Å². The lowest BCUT2D eigenvalue weighted by Crippen LogP contribution is -2.15. The Kier molecular flexibility index (Phi) is 3.07. The molecule has 80 valence electrons. The lowest BCUT2D eigenvalue weighted by atomic mass is 10.3. The van der Waals surface area contributed by atoms with E-state index in [0.717, 1.165) is 28.8 Å². The number of fused-ring (bicyclic) bond motifs is 1. The number of nitrogens with zero attached hydrogens (tertiary/aromatic N) is 3. The highest BCUT2D eigenvalue weighted by Gasteiger charge is 2.02. The molecular weight excluding hydrogens is 254 g/mol. The molecule has 0 saturated carbocycles. The molecule has 0 saturated heterocycles. The number of hydrogen-bond acceptors (Lipinski definition) is 2. The van der Waals surface area contributed by atoms with E-state index in [1.165, 1.54) is 0 Å². The summed E-state index contributed by atoms with van der Waals surface area (Å²) < 4.78 is 3.13. The minimum Gasteiger partial charge on any atom is -0.309 e. The summed E-state index contributed by atoms with van der Waals surface area (Å²) in [5.74, 6) is 0. The van der Waals surface area contributed by atoms with Crippen LogP contribution in [-0.2, 0) is 6.42 Å². The number of rotatable bonds is 3. The minimum atomic E-state index is 0.992. The van der Waals surface area contributed by atoms with E-state index < -0.39 is 0 Å². The summed E-state index contributed by atoms with van der Waals surface area (Å²) in [5.41, 5.74) is 2.15. The van der Waals surface area contributed by atoms with E-state index in [4.69, 9.17) is 0 Å². The highest BCUT2D eigenvalue weighted by atomic mass is 79.9. The van der Waals surface area contributed by atoms with Crippen LogP contribution in [0.5, 0.6) is 0 Å². The van der Waals surface area contributed by atoms with Crippen LogP contribution in [0.1, 0.15) is 5.69 Å². The quantitative estimate of drug-likeness (QED) is 0.850. The van der Waals surface area contributed by atoms with Gasteiger partial charge in [0.1, 0.15) is 5.65 Å². The molecule has 0 bridgehead atoms. The molecule has 2 aromatic heterocycles. The van der Waals surface area contributed by atoms with Crippen molar-refractivity contribution in [2.45, 2.75) is 6.42 Å². The number of likely N-dealkylation sites (N-methyl/N-ethyl adjacent to an activating group) is 1. The summed E-state index contributed by atoms with van der Waals surface area (Å²) in [6.07, 6.45) is 5.11. The van der Waals surface area contributed by atoms with Crippen molar-refractivity contribution in [2.24, 2.45) is 0 Å². The largest absolute Gasteiger partial charge is 0.309 e. The van der Waals surface area contributed by atoms with Crippen molar-refractivity contribution in [1.82, 2.24) is 14.3 Å². The molecule has 4 heteroatoms. The van der Waals surface area contributed by atoms with Crippen LogP contribution in [0.15, 0.2) is 29.0 Å². The number of imidazole rings is 1. The predicted octanol–water partition coefficient (Wildman–Crippen LogP) is 2.20. The van der Waals surface area contributed by atoms with E-state index in [2.05, 4.69) is 50.5 Å². The molecule has 0 aliphatic carbocycles. The van der Waals surface area contributed by atoms with Crippen molar-refractivity contribution < 1.29 is 0 Å². The van der Waals surface area contributed by atoms with Crippen molar-refractivity contribution in [3.8, 4) is 0 Å². The molecular formula is C11H14BrN3. The van der Waals surface area contributed by atoms with Gasteiger partial charge in [0.05, 0.1) is 5.69 Å².